The van der Waals surface area contributed by atoms with Crippen LogP contribution in [0.25, 0.3) is 0 Å². The summed E-state index contributed by atoms with van der Waals surface area (Å²) in [6, 6.07) is 1.50. The predicted octanol–water partition coefficient (Wildman–Crippen LogP) is 3.84. The van der Waals surface area contributed by atoms with Crippen molar-refractivity contribution >= 4 is 0 Å². The molecule has 1 spiro atoms. The summed E-state index contributed by atoms with van der Waals surface area (Å²) in [6.07, 6.45) is 5.99. The van der Waals surface area contributed by atoms with Crippen molar-refractivity contribution in [2.75, 3.05) is 39.3 Å². The van der Waals surface area contributed by atoms with Gasteiger partial charge < -0.3 is 10.2 Å². The number of likely N-dealkylation sites (tertiary alicyclic amines) is 1. The minimum Gasteiger partial charge on any atom is -0.314 e. The van der Waals surface area contributed by atoms with Crippen LogP contribution in [0, 0.1) is 5.41 Å². The van der Waals surface area contributed by atoms with Gasteiger partial charge in [-0.05, 0) is 58.9 Å². The van der Waals surface area contributed by atoms with Crippen molar-refractivity contribution in [3.63, 3.8) is 0 Å². The number of hydrogen-bond donors (Lipinski definition) is 1. The number of rotatable bonds is 2. The first kappa shape index (κ1) is 21.9. The molecular weight excluding hydrogens is 270 g/mol. The van der Waals surface area contributed by atoms with E-state index in [2.05, 4.69) is 42.8 Å². The summed E-state index contributed by atoms with van der Waals surface area (Å²) in [5.74, 6) is 0. The number of nitrogens with zero attached hydrogens (tertiary/aromatic N) is 2. The minimum atomic E-state index is 0. The summed E-state index contributed by atoms with van der Waals surface area (Å²) in [5, 5.41) is 3.33. The summed E-state index contributed by atoms with van der Waals surface area (Å²) in [4.78, 5) is 5.13. The Morgan fingerprint density at radius 2 is 1.32 bits per heavy atom. The van der Waals surface area contributed by atoms with Crippen LogP contribution in [0.15, 0.2) is 0 Å². The van der Waals surface area contributed by atoms with Gasteiger partial charge in [0.25, 0.3) is 0 Å². The SMILES string of the molecule is C.C.CC(C)N1CCC2(CCC2)C1.CC(C)N1CCNCC1. The van der Waals surface area contributed by atoms with Gasteiger partial charge in [0.2, 0.25) is 0 Å². The molecule has 0 amide bonds. The number of piperazine rings is 1. The molecule has 2 heterocycles. The van der Waals surface area contributed by atoms with Crippen LogP contribution in [0.3, 0.4) is 0 Å². The first-order chi connectivity index (χ1) is 9.52. The van der Waals surface area contributed by atoms with Gasteiger partial charge in [-0.1, -0.05) is 21.3 Å². The second-order valence-electron chi connectivity index (χ2n) is 7.55. The molecule has 22 heavy (non-hydrogen) atoms. The van der Waals surface area contributed by atoms with Gasteiger partial charge in [0.1, 0.15) is 0 Å². The van der Waals surface area contributed by atoms with Crippen LogP contribution < -0.4 is 5.32 Å². The average molecular weight is 314 g/mol. The molecule has 3 nitrogen and oxygen atoms in total. The molecule has 2 aliphatic heterocycles. The van der Waals surface area contributed by atoms with E-state index < -0.39 is 0 Å². The zero-order valence-electron chi connectivity index (χ0n) is 14.1. The van der Waals surface area contributed by atoms with E-state index in [0.29, 0.717) is 0 Å². The molecule has 3 aliphatic rings. The largest absolute Gasteiger partial charge is 0.314 e. The van der Waals surface area contributed by atoms with Crippen LogP contribution in [0.4, 0.5) is 0 Å². The van der Waals surface area contributed by atoms with Crippen molar-refractivity contribution in [3.8, 4) is 0 Å². The highest BCUT2D eigenvalue weighted by molar-refractivity contribution is 4.96. The third-order valence-corrected chi connectivity index (χ3v) is 5.49. The van der Waals surface area contributed by atoms with E-state index in [9.17, 15) is 0 Å². The lowest BCUT2D eigenvalue weighted by Gasteiger charge is -2.38. The molecule has 3 heteroatoms. The Morgan fingerprint density at radius 3 is 1.59 bits per heavy atom. The second-order valence-corrected chi connectivity index (χ2v) is 7.55. The normalized spacial score (nSPS) is 24.3. The highest BCUT2D eigenvalue weighted by Crippen LogP contribution is 2.48. The van der Waals surface area contributed by atoms with Gasteiger partial charge in [-0.15, -0.1) is 0 Å². The monoisotopic (exact) mass is 313 g/mol. The van der Waals surface area contributed by atoms with E-state index in [-0.39, 0.29) is 14.9 Å². The molecule has 0 aromatic carbocycles. The molecule has 0 aromatic rings. The highest BCUT2D eigenvalue weighted by Gasteiger charge is 2.42. The molecule has 0 atom stereocenters. The van der Waals surface area contributed by atoms with Crippen LogP contribution in [0.5, 0.6) is 0 Å². The molecule has 3 rings (SSSR count). The average Bonchev–Trinajstić information content (AvgIpc) is 2.86. The summed E-state index contributed by atoms with van der Waals surface area (Å²) < 4.78 is 0. The van der Waals surface area contributed by atoms with Gasteiger partial charge in [0.05, 0.1) is 0 Å². The zero-order chi connectivity index (χ0) is 14.6. The van der Waals surface area contributed by atoms with Crippen molar-refractivity contribution in [2.45, 2.75) is 80.3 Å². The Kier molecular flexibility index (Phi) is 9.84. The van der Waals surface area contributed by atoms with Crippen molar-refractivity contribution in [1.29, 1.82) is 0 Å². The summed E-state index contributed by atoms with van der Waals surface area (Å²) in [5.41, 5.74) is 0.796. The standard InChI is InChI=1S/C10H19N.C7H16N2.2CH4/c1-9(2)11-7-6-10(8-11)4-3-5-10;1-7(2)9-5-3-8-4-6-9;;/h9H,3-8H2,1-2H3;7-8H,3-6H2,1-2H3;2*1H4. The Labute approximate surface area is 140 Å². The molecular formula is C19H43N3. The Bertz CT molecular complexity index is 278. The fraction of sp³-hybridized carbons (Fsp3) is 1.00. The van der Waals surface area contributed by atoms with Crippen LogP contribution >= 0.6 is 0 Å². The maximum Gasteiger partial charge on any atom is 0.0110 e. The van der Waals surface area contributed by atoms with E-state index in [0.717, 1.165) is 30.6 Å². The van der Waals surface area contributed by atoms with E-state index >= 15 is 0 Å². The van der Waals surface area contributed by atoms with Crippen molar-refractivity contribution in [1.82, 2.24) is 15.1 Å². The molecule has 3 fully saturated rings. The third-order valence-electron chi connectivity index (χ3n) is 5.49. The Balaban J connectivity index is 0.000000374. The second kappa shape index (κ2) is 9.89. The van der Waals surface area contributed by atoms with E-state index in [1.165, 1.54) is 51.9 Å². The van der Waals surface area contributed by atoms with E-state index in [1.807, 2.05) is 0 Å². The van der Waals surface area contributed by atoms with Crippen molar-refractivity contribution < 1.29 is 0 Å². The van der Waals surface area contributed by atoms with Crippen LogP contribution in [-0.4, -0.2) is 61.2 Å². The molecule has 0 unspecified atom stereocenters. The Morgan fingerprint density at radius 1 is 0.773 bits per heavy atom. The lowest BCUT2D eigenvalue weighted by atomic mass is 9.68. The van der Waals surface area contributed by atoms with Gasteiger partial charge in [0.15, 0.2) is 0 Å². The lowest BCUT2D eigenvalue weighted by molar-refractivity contribution is 0.130. The lowest BCUT2D eigenvalue weighted by Crippen LogP contribution is -2.46. The van der Waals surface area contributed by atoms with Gasteiger partial charge in [-0.25, -0.2) is 0 Å². The third kappa shape index (κ3) is 5.82. The molecule has 0 aromatic heterocycles. The summed E-state index contributed by atoms with van der Waals surface area (Å²) in [6.45, 7) is 16.7. The Hall–Kier alpha value is -0.120. The first-order valence-corrected chi connectivity index (χ1v) is 8.71. The van der Waals surface area contributed by atoms with E-state index in [1.54, 1.807) is 0 Å². The maximum absolute atomic E-state index is 3.33. The first-order valence-electron chi connectivity index (χ1n) is 8.71. The summed E-state index contributed by atoms with van der Waals surface area (Å²) in [7, 11) is 0. The summed E-state index contributed by atoms with van der Waals surface area (Å²) >= 11 is 0. The molecule has 1 saturated carbocycles. The zero-order valence-corrected chi connectivity index (χ0v) is 14.1. The van der Waals surface area contributed by atoms with Gasteiger partial charge in [-0.3, -0.25) is 4.90 Å². The van der Waals surface area contributed by atoms with Crippen molar-refractivity contribution in [2.24, 2.45) is 5.41 Å². The molecule has 0 radical (unpaired) electrons. The van der Waals surface area contributed by atoms with Crippen molar-refractivity contribution in [3.05, 3.63) is 0 Å². The smallest absolute Gasteiger partial charge is 0.0110 e. The van der Waals surface area contributed by atoms with Gasteiger partial charge >= 0.3 is 0 Å². The molecule has 134 valence electrons. The van der Waals surface area contributed by atoms with E-state index in [4.69, 9.17) is 0 Å². The fourth-order valence-electron chi connectivity index (χ4n) is 3.69. The molecule has 2 saturated heterocycles. The van der Waals surface area contributed by atoms with Gasteiger partial charge in [0, 0.05) is 44.8 Å². The highest BCUT2D eigenvalue weighted by atomic mass is 15.2. The van der Waals surface area contributed by atoms with Gasteiger partial charge in [-0.2, -0.15) is 0 Å². The molecule has 1 aliphatic carbocycles. The van der Waals surface area contributed by atoms with Crippen LogP contribution in [0.2, 0.25) is 0 Å². The molecule has 0 bridgehead atoms. The molecule has 1 N–H and O–H groups in total. The number of nitrogens with one attached hydrogen (secondary N) is 1. The number of hydrogen-bond acceptors (Lipinski definition) is 3. The van der Waals surface area contributed by atoms with Crippen LogP contribution in [0.1, 0.15) is 68.2 Å². The topological polar surface area (TPSA) is 18.5 Å². The fourth-order valence-corrected chi connectivity index (χ4v) is 3.69. The quantitative estimate of drug-likeness (QED) is 0.835. The van der Waals surface area contributed by atoms with Crippen LogP contribution in [-0.2, 0) is 0 Å². The predicted molar refractivity (Wildman–Crippen MR) is 101 cm³/mol. The minimum absolute atomic E-state index is 0. The maximum atomic E-state index is 3.33.